The second-order valence-electron chi connectivity index (χ2n) is 7.09. The zero-order valence-electron chi connectivity index (χ0n) is 17.8. The standard InChI is InChI=1S/C22H24N2O6S/c1-27-15-7-5-12(9-17(15)29-3)10-23-20(25)14-11-31-22-13-6-8-16(28-2)19(30-4)18(13)21(26)24(14)22/h5-9,14,22H,10-11H2,1-4H3,(H,23,25)/t14-,22+/m0/s1. The van der Waals surface area contributed by atoms with Crippen molar-refractivity contribution in [2.45, 2.75) is 18.0 Å². The van der Waals surface area contributed by atoms with Crippen LogP contribution in [-0.2, 0) is 11.3 Å². The molecule has 0 bridgehead atoms. The molecule has 0 unspecified atom stereocenters. The smallest absolute Gasteiger partial charge is 0.260 e. The molecule has 0 spiro atoms. The van der Waals surface area contributed by atoms with E-state index in [1.807, 2.05) is 18.2 Å². The molecular formula is C22H24N2O6S. The van der Waals surface area contributed by atoms with E-state index in [1.165, 1.54) is 14.2 Å². The molecule has 0 radical (unpaired) electrons. The van der Waals surface area contributed by atoms with Gasteiger partial charge in [0.05, 0.1) is 34.0 Å². The summed E-state index contributed by atoms with van der Waals surface area (Å²) >= 11 is 1.57. The fourth-order valence-corrected chi connectivity index (χ4v) is 5.45. The highest BCUT2D eigenvalue weighted by Gasteiger charge is 2.50. The van der Waals surface area contributed by atoms with Crippen molar-refractivity contribution in [3.63, 3.8) is 0 Å². The average molecular weight is 445 g/mol. The Hall–Kier alpha value is -3.07. The number of fused-ring (bicyclic) bond motifs is 3. The fourth-order valence-electron chi connectivity index (χ4n) is 3.99. The normalized spacial score (nSPS) is 19.0. The van der Waals surface area contributed by atoms with E-state index >= 15 is 0 Å². The van der Waals surface area contributed by atoms with Crippen LogP contribution in [0.1, 0.15) is 26.9 Å². The Balaban J connectivity index is 1.51. The minimum atomic E-state index is -0.564. The predicted molar refractivity (Wildman–Crippen MR) is 116 cm³/mol. The molecule has 8 nitrogen and oxygen atoms in total. The van der Waals surface area contributed by atoms with Gasteiger partial charge in [-0.2, -0.15) is 0 Å². The van der Waals surface area contributed by atoms with Crippen LogP contribution in [0.2, 0.25) is 0 Å². The van der Waals surface area contributed by atoms with E-state index in [1.54, 1.807) is 43.0 Å². The van der Waals surface area contributed by atoms with Gasteiger partial charge in [0.1, 0.15) is 11.4 Å². The largest absolute Gasteiger partial charge is 0.493 e. The molecule has 0 aromatic heterocycles. The molecular weight excluding hydrogens is 420 g/mol. The molecule has 2 heterocycles. The number of methoxy groups -OCH3 is 4. The molecule has 164 valence electrons. The first-order valence-corrected chi connectivity index (χ1v) is 10.8. The summed E-state index contributed by atoms with van der Waals surface area (Å²) in [6, 6.07) is 8.57. The SMILES string of the molecule is COc1ccc(CNC(=O)[C@@H]2CS[C@@H]3c4ccc(OC)c(OC)c4C(=O)N32)cc1OC. The topological polar surface area (TPSA) is 86.3 Å². The highest BCUT2D eigenvalue weighted by atomic mass is 32.2. The second kappa shape index (κ2) is 8.58. The molecule has 0 saturated carbocycles. The lowest BCUT2D eigenvalue weighted by Crippen LogP contribution is -2.45. The molecule has 31 heavy (non-hydrogen) atoms. The van der Waals surface area contributed by atoms with Crippen molar-refractivity contribution in [1.82, 2.24) is 10.2 Å². The summed E-state index contributed by atoms with van der Waals surface area (Å²) in [4.78, 5) is 27.9. The number of carbonyl (C=O) groups excluding carboxylic acids is 2. The van der Waals surface area contributed by atoms with Crippen LogP contribution in [0.4, 0.5) is 0 Å². The van der Waals surface area contributed by atoms with Crippen LogP contribution < -0.4 is 24.3 Å². The molecule has 1 saturated heterocycles. The maximum atomic E-state index is 13.2. The van der Waals surface area contributed by atoms with Gasteiger partial charge in [0.2, 0.25) is 5.91 Å². The molecule has 1 N–H and O–H groups in total. The Kier molecular flexibility index (Phi) is 5.86. The summed E-state index contributed by atoms with van der Waals surface area (Å²) in [6.45, 7) is 0.317. The number of nitrogens with one attached hydrogen (secondary N) is 1. The van der Waals surface area contributed by atoms with Crippen LogP contribution in [0.15, 0.2) is 30.3 Å². The number of hydrogen-bond acceptors (Lipinski definition) is 7. The zero-order chi connectivity index (χ0) is 22.1. The van der Waals surface area contributed by atoms with Crippen molar-refractivity contribution in [3.8, 4) is 23.0 Å². The van der Waals surface area contributed by atoms with Crippen molar-refractivity contribution in [1.29, 1.82) is 0 Å². The van der Waals surface area contributed by atoms with Gasteiger partial charge >= 0.3 is 0 Å². The monoisotopic (exact) mass is 444 g/mol. The second-order valence-corrected chi connectivity index (χ2v) is 8.20. The Bertz CT molecular complexity index is 1030. The van der Waals surface area contributed by atoms with Crippen molar-refractivity contribution >= 4 is 23.6 Å². The van der Waals surface area contributed by atoms with Crippen LogP contribution in [-0.4, -0.2) is 56.9 Å². The van der Waals surface area contributed by atoms with Crippen LogP contribution in [0.25, 0.3) is 0 Å². The Morgan fingerprint density at radius 3 is 2.42 bits per heavy atom. The number of nitrogens with zero attached hydrogens (tertiary/aromatic N) is 1. The molecule has 9 heteroatoms. The summed E-state index contributed by atoms with van der Waals surface area (Å²) in [5.74, 6) is 2.24. The highest BCUT2D eigenvalue weighted by Crippen LogP contribution is 2.52. The number of amides is 2. The highest BCUT2D eigenvalue weighted by molar-refractivity contribution is 7.99. The van der Waals surface area contributed by atoms with Gasteiger partial charge in [0.25, 0.3) is 5.91 Å². The first-order valence-electron chi connectivity index (χ1n) is 9.71. The molecule has 0 aliphatic carbocycles. The molecule has 1 fully saturated rings. The minimum absolute atomic E-state index is 0.197. The van der Waals surface area contributed by atoms with E-state index in [0.717, 1.165) is 11.1 Å². The molecule has 2 aromatic carbocycles. The predicted octanol–water partition coefficient (Wildman–Crippen LogP) is 2.61. The molecule has 2 aromatic rings. The first-order chi connectivity index (χ1) is 15.0. The van der Waals surface area contributed by atoms with Crippen LogP contribution in [0.3, 0.4) is 0 Å². The zero-order valence-corrected chi connectivity index (χ0v) is 18.6. The number of rotatable bonds is 7. The third-order valence-corrected chi connectivity index (χ3v) is 6.81. The van der Waals surface area contributed by atoms with Gasteiger partial charge in [0, 0.05) is 17.9 Å². The number of carbonyl (C=O) groups is 2. The molecule has 2 atom stereocenters. The quantitative estimate of drug-likeness (QED) is 0.703. The minimum Gasteiger partial charge on any atom is -0.493 e. The molecule has 4 rings (SSSR count). The maximum absolute atomic E-state index is 13.2. The Labute approximate surface area is 184 Å². The summed E-state index contributed by atoms with van der Waals surface area (Å²) < 4.78 is 21.3. The Morgan fingerprint density at radius 1 is 1.03 bits per heavy atom. The van der Waals surface area contributed by atoms with Gasteiger partial charge in [-0.15, -0.1) is 11.8 Å². The lowest BCUT2D eigenvalue weighted by molar-refractivity contribution is -0.124. The fraction of sp³-hybridized carbons (Fsp3) is 0.364. The van der Waals surface area contributed by atoms with Crippen molar-refractivity contribution < 1.29 is 28.5 Å². The van der Waals surface area contributed by atoms with Crippen molar-refractivity contribution in [2.24, 2.45) is 0 Å². The van der Waals surface area contributed by atoms with Crippen LogP contribution >= 0.6 is 11.8 Å². The van der Waals surface area contributed by atoms with Gasteiger partial charge in [0.15, 0.2) is 23.0 Å². The number of ether oxygens (including phenoxy) is 4. The third-order valence-electron chi connectivity index (χ3n) is 5.51. The number of hydrogen-bond donors (Lipinski definition) is 1. The summed E-state index contributed by atoms with van der Waals surface area (Å²) in [7, 11) is 6.18. The van der Waals surface area contributed by atoms with Gasteiger partial charge in [-0.1, -0.05) is 12.1 Å². The van der Waals surface area contributed by atoms with Gasteiger partial charge < -0.3 is 29.2 Å². The van der Waals surface area contributed by atoms with Crippen LogP contribution in [0.5, 0.6) is 23.0 Å². The van der Waals surface area contributed by atoms with Crippen molar-refractivity contribution in [2.75, 3.05) is 34.2 Å². The number of benzene rings is 2. The lowest BCUT2D eigenvalue weighted by atomic mass is 10.1. The third kappa shape index (κ3) is 3.52. The van der Waals surface area contributed by atoms with Gasteiger partial charge in [-0.05, 0) is 23.8 Å². The van der Waals surface area contributed by atoms with E-state index in [0.29, 0.717) is 40.9 Å². The average Bonchev–Trinajstić information content (AvgIpc) is 3.36. The summed E-state index contributed by atoms with van der Waals surface area (Å²) in [5, 5.41) is 2.73. The maximum Gasteiger partial charge on any atom is 0.260 e. The molecule has 2 aliphatic heterocycles. The summed E-state index contributed by atoms with van der Waals surface area (Å²) in [5.41, 5.74) is 2.19. The van der Waals surface area contributed by atoms with E-state index in [-0.39, 0.29) is 17.2 Å². The van der Waals surface area contributed by atoms with Gasteiger partial charge in [-0.25, -0.2) is 0 Å². The van der Waals surface area contributed by atoms with Gasteiger partial charge in [-0.3, -0.25) is 9.59 Å². The van der Waals surface area contributed by atoms with Crippen LogP contribution in [0, 0.1) is 0 Å². The first kappa shape index (κ1) is 21.2. The van der Waals surface area contributed by atoms with E-state index < -0.39 is 6.04 Å². The van der Waals surface area contributed by atoms with Crippen molar-refractivity contribution in [3.05, 3.63) is 47.0 Å². The number of thioether (sulfide) groups is 1. The van der Waals surface area contributed by atoms with E-state index in [2.05, 4.69) is 5.32 Å². The molecule has 2 amide bonds. The lowest BCUT2D eigenvalue weighted by Gasteiger charge is -2.22. The van der Waals surface area contributed by atoms with E-state index in [4.69, 9.17) is 18.9 Å². The summed E-state index contributed by atoms with van der Waals surface area (Å²) in [6.07, 6.45) is 0. The molecule has 2 aliphatic rings. The van der Waals surface area contributed by atoms with E-state index in [9.17, 15) is 9.59 Å². The Morgan fingerprint density at radius 2 is 1.74 bits per heavy atom.